The average Bonchev–Trinajstić information content (AvgIpc) is 3.25. The van der Waals surface area contributed by atoms with Gasteiger partial charge in [0, 0.05) is 25.3 Å². The first kappa shape index (κ1) is 20.2. The Morgan fingerprint density at radius 2 is 1.71 bits per heavy atom. The van der Waals surface area contributed by atoms with Gasteiger partial charge in [-0.1, -0.05) is 0 Å². The minimum atomic E-state index is -0.653. The molecule has 2 aliphatic rings. The molecular weight excluding hydrogens is 372 g/mol. The van der Waals surface area contributed by atoms with Gasteiger partial charge in [-0.3, -0.25) is 10.1 Å². The van der Waals surface area contributed by atoms with E-state index >= 15 is 0 Å². The smallest absolute Gasteiger partial charge is 0.412 e. The first-order chi connectivity index (χ1) is 13.5. The molecule has 2 aliphatic heterocycles. The van der Waals surface area contributed by atoms with Crippen LogP contribution in [0.2, 0.25) is 0 Å². The monoisotopic (exact) mass is 396 g/mol. The Hall–Kier alpha value is -2.56. The van der Waals surface area contributed by atoms with Crippen molar-refractivity contribution in [2.24, 2.45) is 0 Å². The van der Waals surface area contributed by atoms with E-state index < -0.39 is 18.3 Å². The van der Waals surface area contributed by atoms with Crippen LogP contribution in [0.5, 0.6) is 11.5 Å². The zero-order valence-corrected chi connectivity index (χ0v) is 15.9. The SMILES string of the molecule is COCC(=O)N[C@H]1CO[C@H]2[C@@H]1OC[C@H]2OC(=O)Nc1cc(OC)cc(OC)c1. The molecule has 0 bridgehead atoms. The third-order valence-electron chi connectivity index (χ3n) is 4.49. The van der Waals surface area contributed by atoms with E-state index in [9.17, 15) is 9.59 Å². The molecule has 0 saturated carbocycles. The topological polar surface area (TPSA) is 114 Å². The number of methoxy groups -OCH3 is 3. The van der Waals surface area contributed by atoms with E-state index in [1.165, 1.54) is 21.3 Å². The van der Waals surface area contributed by atoms with E-state index in [1.54, 1.807) is 18.2 Å². The molecule has 1 aromatic carbocycles. The Kier molecular flexibility index (Phi) is 6.55. The minimum absolute atomic E-state index is 0.0414. The van der Waals surface area contributed by atoms with Gasteiger partial charge in [-0.05, 0) is 0 Å². The van der Waals surface area contributed by atoms with Crippen LogP contribution in [-0.2, 0) is 23.7 Å². The highest BCUT2D eigenvalue weighted by molar-refractivity contribution is 5.85. The highest BCUT2D eigenvalue weighted by atomic mass is 16.6. The van der Waals surface area contributed by atoms with Crippen molar-refractivity contribution in [2.45, 2.75) is 24.4 Å². The number of amides is 2. The summed E-state index contributed by atoms with van der Waals surface area (Å²) in [6, 6.07) is 4.67. The van der Waals surface area contributed by atoms with Crippen molar-refractivity contribution in [3.63, 3.8) is 0 Å². The number of carbonyl (C=O) groups excluding carboxylic acids is 2. The number of hydrogen-bond acceptors (Lipinski definition) is 8. The molecule has 2 fully saturated rings. The van der Waals surface area contributed by atoms with Gasteiger partial charge in [0.15, 0.2) is 6.10 Å². The van der Waals surface area contributed by atoms with E-state index in [-0.39, 0.29) is 37.9 Å². The van der Waals surface area contributed by atoms with Crippen LogP contribution in [-0.4, -0.2) is 77.5 Å². The molecule has 10 nitrogen and oxygen atoms in total. The Bertz CT molecular complexity index is 691. The lowest BCUT2D eigenvalue weighted by molar-refractivity contribution is -0.126. The molecule has 0 spiro atoms. The van der Waals surface area contributed by atoms with Crippen molar-refractivity contribution in [3.8, 4) is 11.5 Å². The number of rotatable bonds is 7. The van der Waals surface area contributed by atoms with E-state index in [0.29, 0.717) is 17.2 Å². The second-order valence-corrected chi connectivity index (χ2v) is 6.37. The molecule has 1 aromatic rings. The van der Waals surface area contributed by atoms with Gasteiger partial charge >= 0.3 is 6.09 Å². The number of nitrogens with one attached hydrogen (secondary N) is 2. The lowest BCUT2D eigenvalue weighted by atomic mass is 10.1. The van der Waals surface area contributed by atoms with Gasteiger partial charge in [-0.2, -0.15) is 0 Å². The fourth-order valence-electron chi connectivity index (χ4n) is 3.23. The molecule has 2 N–H and O–H groups in total. The predicted molar refractivity (Wildman–Crippen MR) is 96.7 cm³/mol. The van der Waals surface area contributed by atoms with E-state index in [2.05, 4.69) is 10.6 Å². The van der Waals surface area contributed by atoms with Crippen molar-refractivity contribution in [3.05, 3.63) is 18.2 Å². The van der Waals surface area contributed by atoms with Gasteiger partial charge in [0.05, 0.1) is 39.2 Å². The molecule has 0 unspecified atom stereocenters. The summed E-state index contributed by atoms with van der Waals surface area (Å²) in [5.41, 5.74) is 0.466. The Balaban J connectivity index is 1.55. The van der Waals surface area contributed by atoms with Crippen molar-refractivity contribution < 1.29 is 38.0 Å². The van der Waals surface area contributed by atoms with Crippen LogP contribution >= 0.6 is 0 Å². The Morgan fingerprint density at radius 3 is 2.36 bits per heavy atom. The third kappa shape index (κ3) is 4.64. The second-order valence-electron chi connectivity index (χ2n) is 6.37. The molecule has 0 aliphatic carbocycles. The number of benzene rings is 1. The van der Waals surface area contributed by atoms with Gasteiger partial charge in [0.2, 0.25) is 5.91 Å². The maximum Gasteiger partial charge on any atom is 0.412 e. The fourth-order valence-corrected chi connectivity index (χ4v) is 3.23. The second kappa shape index (κ2) is 9.09. The molecule has 2 heterocycles. The standard InChI is InChI=1S/C18H24N2O8/c1-23-9-15(21)20-13-7-26-17-14(8-27-16(13)17)28-18(22)19-10-4-11(24-2)6-12(5-10)25-3/h4-6,13-14,16-17H,7-9H2,1-3H3,(H,19,22)(H,20,21)/t13-,14+,16+,17+/m0/s1. The summed E-state index contributed by atoms with van der Waals surface area (Å²) >= 11 is 0. The number of fused-ring (bicyclic) bond motifs is 1. The highest BCUT2D eigenvalue weighted by Crippen LogP contribution is 2.30. The van der Waals surface area contributed by atoms with Crippen LogP contribution in [0.3, 0.4) is 0 Å². The summed E-state index contributed by atoms with van der Waals surface area (Å²) < 4.78 is 32.0. The zero-order chi connectivity index (χ0) is 20.1. The van der Waals surface area contributed by atoms with Gasteiger partial charge in [0.25, 0.3) is 0 Å². The first-order valence-electron chi connectivity index (χ1n) is 8.76. The Labute approximate surface area is 162 Å². The van der Waals surface area contributed by atoms with Gasteiger partial charge < -0.3 is 33.7 Å². The van der Waals surface area contributed by atoms with Crippen LogP contribution in [0.25, 0.3) is 0 Å². The van der Waals surface area contributed by atoms with Crippen LogP contribution in [0.15, 0.2) is 18.2 Å². The Morgan fingerprint density at radius 1 is 1.04 bits per heavy atom. The van der Waals surface area contributed by atoms with Crippen LogP contribution in [0.1, 0.15) is 0 Å². The largest absolute Gasteiger partial charge is 0.497 e. The lowest BCUT2D eigenvalue weighted by Crippen LogP contribution is -2.45. The maximum atomic E-state index is 12.3. The molecule has 10 heteroatoms. The molecule has 28 heavy (non-hydrogen) atoms. The first-order valence-corrected chi connectivity index (χ1v) is 8.76. The summed E-state index contributed by atoms with van der Waals surface area (Å²) in [6.45, 7) is 0.417. The number of anilines is 1. The summed E-state index contributed by atoms with van der Waals surface area (Å²) in [5.74, 6) is 0.815. The third-order valence-corrected chi connectivity index (χ3v) is 4.49. The van der Waals surface area contributed by atoms with Crippen molar-refractivity contribution >= 4 is 17.7 Å². The summed E-state index contributed by atoms with van der Waals surface area (Å²) in [4.78, 5) is 24.0. The highest BCUT2D eigenvalue weighted by Gasteiger charge is 2.50. The molecule has 0 radical (unpaired) electrons. The fraction of sp³-hybridized carbons (Fsp3) is 0.556. The van der Waals surface area contributed by atoms with E-state index in [4.69, 9.17) is 28.4 Å². The summed E-state index contributed by atoms with van der Waals surface area (Å²) in [5, 5.41) is 5.43. The zero-order valence-electron chi connectivity index (χ0n) is 15.9. The van der Waals surface area contributed by atoms with Crippen LogP contribution < -0.4 is 20.1 Å². The number of hydrogen-bond donors (Lipinski definition) is 2. The maximum absolute atomic E-state index is 12.3. The summed E-state index contributed by atoms with van der Waals surface area (Å²) in [6.07, 6.45) is -2.06. The average molecular weight is 396 g/mol. The van der Waals surface area contributed by atoms with E-state index in [1.807, 2.05) is 0 Å². The van der Waals surface area contributed by atoms with Gasteiger partial charge in [-0.25, -0.2) is 4.79 Å². The molecule has 154 valence electrons. The number of carbonyl (C=O) groups is 2. The molecule has 2 amide bonds. The van der Waals surface area contributed by atoms with Gasteiger partial charge in [-0.15, -0.1) is 0 Å². The predicted octanol–water partition coefficient (Wildman–Crippen LogP) is 0.550. The van der Waals surface area contributed by atoms with Gasteiger partial charge in [0.1, 0.15) is 30.3 Å². The van der Waals surface area contributed by atoms with Crippen molar-refractivity contribution in [1.29, 1.82) is 0 Å². The normalized spacial score (nSPS) is 25.7. The van der Waals surface area contributed by atoms with Crippen LogP contribution in [0, 0.1) is 0 Å². The number of ether oxygens (including phenoxy) is 6. The molecule has 4 atom stereocenters. The van der Waals surface area contributed by atoms with Crippen molar-refractivity contribution in [2.75, 3.05) is 46.5 Å². The summed E-state index contributed by atoms with van der Waals surface area (Å²) in [7, 11) is 4.48. The molecule has 0 aromatic heterocycles. The lowest BCUT2D eigenvalue weighted by Gasteiger charge is -2.18. The van der Waals surface area contributed by atoms with E-state index in [0.717, 1.165) is 0 Å². The van der Waals surface area contributed by atoms with Crippen LogP contribution in [0.4, 0.5) is 10.5 Å². The molecular formula is C18H24N2O8. The minimum Gasteiger partial charge on any atom is -0.497 e. The quantitative estimate of drug-likeness (QED) is 0.687. The molecule has 3 rings (SSSR count). The van der Waals surface area contributed by atoms with Crippen molar-refractivity contribution in [1.82, 2.24) is 5.32 Å². The molecule has 2 saturated heterocycles.